The van der Waals surface area contributed by atoms with Crippen LogP contribution in [0.2, 0.25) is 0 Å². The fourth-order valence-electron chi connectivity index (χ4n) is 2.64. The summed E-state index contributed by atoms with van der Waals surface area (Å²) in [5.41, 5.74) is 4.02. The van der Waals surface area contributed by atoms with Gasteiger partial charge in [-0.1, -0.05) is 24.3 Å². The maximum Gasteiger partial charge on any atom is 0.0536 e. The maximum absolute atomic E-state index is 8.56. The number of rotatable bonds is 4. The minimum atomic E-state index is -0.375. The van der Waals surface area contributed by atoms with Gasteiger partial charge in [0, 0.05) is 32.5 Å². The summed E-state index contributed by atoms with van der Waals surface area (Å²) in [4.78, 5) is 8.44. The van der Waals surface area contributed by atoms with Crippen molar-refractivity contribution >= 4 is 0 Å². The molecule has 32 heavy (non-hydrogen) atoms. The fraction of sp³-hybridized carbons (Fsp3) is 0.185. The predicted molar refractivity (Wildman–Crippen MR) is 125 cm³/mol. The molecule has 0 bridgehead atoms. The molecule has 0 spiro atoms. The van der Waals surface area contributed by atoms with Crippen LogP contribution in [0.1, 0.15) is 20.3 Å². The van der Waals surface area contributed by atoms with Crippen LogP contribution in [0.15, 0.2) is 97.3 Å². The molecular weight excluding hydrogens is 577 g/mol. The molecule has 0 fully saturated rings. The average molecular weight is 605 g/mol. The van der Waals surface area contributed by atoms with E-state index in [4.69, 9.17) is 10.2 Å². The predicted octanol–water partition coefficient (Wildman–Crippen LogP) is 5.23. The molecule has 4 nitrogen and oxygen atoms in total. The van der Waals surface area contributed by atoms with E-state index in [2.05, 4.69) is 22.1 Å². The molecule has 4 rings (SSSR count). The summed E-state index contributed by atoms with van der Waals surface area (Å²) in [5, 5.41) is 17.1. The van der Waals surface area contributed by atoms with Crippen molar-refractivity contribution in [2.24, 2.45) is 0 Å². The van der Waals surface area contributed by atoms with Gasteiger partial charge in [0.1, 0.15) is 0 Å². The minimum Gasteiger partial charge on any atom is -0.393 e. The third kappa shape index (κ3) is 11.1. The summed E-state index contributed by atoms with van der Waals surface area (Å²) in [6.07, 6.45) is 3.30. The summed E-state index contributed by atoms with van der Waals surface area (Å²) in [6.45, 7) is 3.32. The topological polar surface area (TPSA) is 66.2 Å². The molecule has 0 aliphatic rings. The van der Waals surface area contributed by atoms with Gasteiger partial charge >= 0.3 is 0 Å². The van der Waals surface area contributed by atoms with E-state index in [-0.39, 0.29) is 32.3 Å². The molecule has 2 aromatic heterocycles. The van der Waals surface area contributed by atoms with E-state index in [0.29, 0.717) is 6.42 Å². The number of pyridine rings is 2. The van der Waals surface area contributed by atoms with Crippen molar-refractivity contribution in [2.75, 3.05) is 0 Å². The number of aromatic nitrogens is 2. The van der Waals surface area contributed by atoms with Gasteiger partial charge in [0.05, 0.1) is 12.2 Å². The Morgan fingerprint density at radius 2 is 1.06 bits per heavy atom. The molecule has 2 unspecified atom stereocenters. The van der Waals surface area contributed by atoms with E-state index in [1.54, 1.807) is 26.2 Å². The molecule has 4 aromatic rings. The molecule has 2 atom stereocenters. The Hall–Kier alpha value is -2.69. The number of hydrogen-bond donors (Lipinski definition) is 2. The molecule has 0 saturated heterocycles. The van der Waals surface area contributed by atoms with Gasteiger partial charge in [-0.25, -0.2) is 0 Å². The zero-order chi connectivity index (χ0) is 22.3. The Labute approximate surface area is 204 Å². The van der Waals surface area contributed by atoms with Gasteiger partial charge in [0.15, 0.2) is 0 Å². The molecule has 0 aliphatic heterocycles. The van der Waals surface area contributed by atoms with Crippen LogP contribution in [0.25, 0.3) is 22.5 Å². The van der Waals surface area contributed by atoms with E-state index in [9.17, 15) is 0 Å². The van der Waals surface area contributed by atoms with Crippen LogP contribution in [0, 0.1) is 12.1 Å². The summed E-state index contributed by atoms with van der Waals surface area (Å²) in [6, 6.07) is 33.6. The maximum atomic E-state index is 8.56. The van der Waals surface area contributed by atoms with Crippen molar-refractivity contribution in [3.63, 3.8) is 0 Å². The van der Waals surface area contributed by atoms with Crippen LogP contribution in [0.5, 0.6) is 0 Å². The van der Waals surface area contributed by atoms with Gasteiger partial charge in [0.25, 0.3) is 0 Å². The third-order valence-corrected chi connectivity index (χ3v) is 3.98. The van der Waals surface area contributed by atoms with E-state index >= 15 is 0 Å². The summed E-state index contributed by atoms with van der Waals surface area (Å²) >= 11 is 0. The first-order chi connectivity index (χ1) is 15.1. The van der Waals surface area contributed by atoms with Gasteiger partial charge in [-0.05, 0) is 43.8 Å². The fourth-order valence-corrected chi connectivity index (χ4v) is 2.64. The summed E-state index contributed by atoms with van der Waals surface area (Å²) < 4.78 is 0. The number of hydrogen-bond acceptors (Lipinski definition) is 4. The van der Waals surface area contributed by atoms with Gasteiger partial charge in [-0.3, -0.25) is 0 Å². The molecular formula is C27H28IrN2O2-2. The van der Waals surface area contributed by atoms with Crippen LogP contribution in [0.3, 0.4) is 0 Å². The number of aliphatic hydroxyl groups is 2. The molecule has 1 radical (unpaired) electrons. The van der Waals surface area contributed by atoms with Crippen molar-refractivity contribution < 1.29 is 30.3 Å². The second kappa shape index (κ2) is 16.0. The zero-order valence-electron chi connectivity index (χ0n) is 18.2. The molecule has 5 heteroatoms. The summed E-state index contributed by atoms with van der Waals surface area (Å²) in [7, 11) is 0. The monoisotopic (exact) mass is 605 g/mol. The molecule has 2 aromatic carbocycles. The zero-order valence-corrected chi connectivity index (χ0v) is 20.6. The first kappa shape index (κ1) is 27.3. The SMILES string of the molecule is CC(O)CC(C)O.[Ir].[c-]1ccccc1-c1ccccn1.[c-]1ccccc1-c1ccccn1. The molecule has 0 saturated carbocycles. The second-order valence-corrected chi connectivity index (χ2v) is 6.92. The quantitative estimate of drug-likeness (QED) is 0.313. The summed E-state index contributed by atoms with van der Waals surface area (Å²) in [5.74, 6) is 0. The number of nitrogens with zero attached hydrogens (tertiary/aromatic N) is 2. The van der Waals surface area contributed by atoms with E-state index in [0.717, 1.165) is 22.5 Å². The Morgan fingerprint density at radius 3 is 1.31 bits per heavy atom. The molecule has 2 N–H and O–H groups in total. The first-order valence-corrected chi connectivity index (χ1v) is 10.2. The number of benzene rings is 2. The molecule has 0 aliphatic carbocycles. The molecule has 0 amide bonds. The minimum absolute atomic E-state index is 0. The van der Waals surface area contributed by atoms with Crippen molar-refractivity contribution in [1.82, 2.24) is 9.97 Å². The van der Waals surface area contributed by atoms with Crippen LogP contribution >= 0.6 is 0 Å². The largest absolute Gasteiger partial charge is 0.393 e. The first-order valence-electron chi connectivity index (χ1n) is 10.2. The van der Waals surface area contributed by atoms with E-state index in [1.165, 1.54) is 0 Å². The normalized spacial score (nSPS) is 11.4. The average Bonchev–Trinajstić information content (AvgIpc) is 2.81. The second-order valence-electron chi connectivity index (χ2n) is 6.92. The van der Waals surface area contributed by atoms with Gasteiger partial charge in [-0.2, -0.15) is 0 Å². The molecule has 169 valence electrons. The van der Waals surface area contributed by atoms with Gasteiger partial charge in [-0.15, -0.1) is 71.8 Å². The third-order valence-electron chi connectivity index (χ3n) is 3.98. The van der Waals surface area contributed by atoms with Crippen LogP contribution in [-0.4, -0.2) is 32.4 Å². The molecule has 2 heterocycles. The van der Waals surface area contributed by atoms with E-state index < -0.39 is 0 Å². The standard InChI is InChI=1S/2C11H8N.C5H12O2.Ir/c2*1-2-6-10(7-3-1)11-8-4-5-9-12-11;1-4(6)3-5(2)7;/h2*1-6,8-9H;4-7H,3H2,1-2H3;/q2*-1;;. The van der Waals surface area contributed by atoms with Crippen LogP contribution in [-0.2, 0) is 20.1 Å². The Kier molecular flexibility index (Phi) is 13.7. The van der Waals surface area contributed by atoms with Gasteiger partial charge < -0.3 is 20.2 Å². The van der Waals surface area contributed by atoms with Gasteiger partial charge in [0.2, 0.25) is 0 Å². The Bertz CT molecular complexity index is 796. The van der Waals surface area contributed by atoms with Crippen LogP contribution in [0.4, 0.5) is 0 Å². The van der Waals surface area contributed by atoms with Crippen molar-refractivity contribution in [2.45, 2.75) is 32.5 Å². The van der Waals surface area contributed by atoms with Crippen molar-refractivity contribution in [3.8, 4) is 22.5 Å². The number of aliphatic hydroxyl groups excluding tert-OH is 2. The van der Waals surface area contributed by atoms with E-state index in [1.807, 2.05) is 84.9 Å². The van der Waals surface area contributed by atoms with Crippen LogP contribution < -0.4 is 0 Å². The van der Waals surface area contributed by atoms with Crippen molar-refractivity contribution in [3.05, 3.63) is 109 Å². The van der Waals surface area contributed by atoms with Crippen molar-refractivity contribution in [1.29, 1.82) is 0 Å². The Balaban J connectivity index is 0.000000246. The Morgan fingerprint density at radius 1 is 0.656 bits per heavy atom. The smallest absolute Gasteiger partial charge is 0.0536 e.